The highest BCUT2D eigenvalue weighted by molar-refractivity contribution is 8.01. The molecule has 1 aromatic rings. The molecule has 1 atom stereocenters. The lowest BCUT2D eigenvalue weighted by molar-refractivity contribution is -0.121. The average Bonchev–Trinajstić information content (AvgIpc) is 3.07. The van der Waals surface area contributed by atoms with Crippen LogP contribution < -0.4 is 11.1 Å². The molecular formula is C14H21ClN2OS. The first kappa shape index (κ1) is 16.3. The van der Waals surface area contributed by atoms with E-state index in [1.807, 2.05) is 36.9 Å². The molecule has 2 rings (SSSR count). The fourth-order valence-corrected chi connectivity index (χ4v) is 3.06. The van der Waals surface area contributed by atoms with Gasteiger partial charge in [-0.3, -0.25) is 4.79 Å². The van der Waals surface area contributed by atoms with Gasteiger partial charge < -0.3 is 11.1 Å². The molecule has 106 valence electrons. The summed E-state index contributed by atoms with van der Waals surface area (Å²) in [6, 6.07) is 10.3. The molecule has 19 heavy (non-hydrogen) atoms. The Morgan fingerprint density at radius 1 is 1.42 bits per heavy atom. The Morgan fingerprint density at radius 3 is 2.58 bits per heavy atom. The highest BCUT2D eigenvalue weighted by Crippen LogP contribution is 2.51. The summed E-state index contributed by atoms with van der Waals surface area (Å²) in [4.78, 5) is 12.9. The van der Waals surface area contributed by atoms with Gasteiger partial charge in [-0.25, -0.2) is 0 Å². The van der Waals surface area contributed by atoms with Crippen LogP contribution in [0.2, 0.25) is 0 Å². The Kier molecular flexibility index (Phi) is 6.17. The number of carbonyl (C=O) groups is 1. The molecule has 0 radical (unpaired) electrons. The topological polar surface area (TPSA) is 55.1 Å². The van der Waals surface area contributed by atoms with Gasteiger partial charge in [-0.05, 0) is 31.9 Å². The first-order valence-corrected chi connectivity index (χ1v) is 7.18. The molecule has 0 saturated heterocycles. The van der Waals surface area contributed by atoms with Crippen LogP contribution in [0.5, 0.6) is 0 Å². The summed E-state index contributed by atoms with van der Waals surface area (Å²) in [6.07, 6.45) is 2.75. The first-order valence-electron chi connectivity index (χ1n) is 6.36. The second-order valence-electron chi connectivity index (χ2n) is 5.06. The number of hydrogen-bond donors (Lipinski definition) is 2. The molecule has 3 N–H and O–H groups in total. The van der Waals surface area contributed by atoms with E-state index in [4.69, 9.17) is 5.73 Å². The summed E-state index contributed by atoms with van der Waals surface area (Å²) < 4.78 is 0.217. The van der Waals surface area contributed by atoms with Gasteiger partial charge in [-0.2, -0.15) is 0 Å². The van der Waals surface area contributed by atoms with Crippen molar-refractivity contribution in [1.29, 1.82) is 0 Å². The largest absolute Gasteiger partial charge is 0.355 e. The molecule has 0 aromatic heterocycles. The van der Waals surface area contributed by atoms with Gasteiger partial charge in [0.15, 0.2) is 0 Å². The summed E-state index contributed by atoms with van der Waals surface area (Å²) in [5.41, 5.74) is 5.61. The number of hydrogen-bond acceptors (Lipinski definition) is 3. The van der Waals surface area contributed by atoms with E-state index in [9.17, 15) is 4.79 Å². The fraction of sp³-hybridized carbons (Fsp3) is 0.500. The normalized spacial score (nSPS) is 17.2. The minimum absolute atomic E-state index is 0. The molecule has 1 aromatic carbocycles. The minimum atomic E-state index is -0.0677. The van der Waals surface area contributed by atoms with Gasteiger partial charge in [0.25, 0.3) is 0 Å². The lowest BCUT2D eigenvalue weighted by Gasteiger charge is -2.16. The zero-order chi connectivity index (χ0) is 13.0. The van der Waals surface area contributed by atoms with Crippen LogP contribution in [0.1, 0.15) is 26.2 Å². The van der Waals surface area contributed by atoms with Crippen molar-refractivity contribution in [2.75, 3.05) is 6.54 Å². The molecular weight excluding hydrogens is 280 g/mol. The van der Waals surface area contributed by atoms with Gasteiger partial charge in [0.05, 0.1) is 0 Å². The molecule has 1 aliphatic rings. The van der Waals surface area contributed by atoms with Gasteiger partial charge in [-0.1, -0.05) is 18.2 Å². The molecule has 0 aliphatic heterocycles. The Hall–Kier alpha value is -0.710. The van der Waals surface area contributed by atoms with E-state index in [-0.39, 0.29) is 29.1 Å². The van der Waals surface area contributed by atoms with Gasteiger partial charge >= 0.3 is 0 Å². The van der Waals surface area contributed by atoms with Crippen molar-refractivity contribution >= 4 is 30.1 Å². The molecule has 0 heterocycles. The summed E-state index contributed by atoms with van der Waals surface area (Å²) >= 11 is 1.87. The van der Waals surface area contributed by atoms with Crippen molar-refractivity contribution in [2.24, 2.45) is 5.73 Å². The molecule has 1 fully saturated rings. The van der Waals surface area contributed by atoms with E-state index in [2.05, 4.69) is 17.4 Å². The standard InChI is InChI=1S/C14H20N2OS.ClH/c1-11(15)9-13(17)16-10-14(7-8-14)18-12-5-3-2-4-6-12;/h2-6,11H,7-10,15H2,1H3,(H,16,17);1H. The molecule has 5 heteroatoms. The number of benzene rings is 1. The lowest BCUT2D eigenvalue weighted by atomic mass is 10.2. The number of amides is 1. The maximum Gasteiger partial charge on any atom is 0.221 e. The molecule has 1 aliphatic carbocycles. The highest BCUT2D eigenvalue weighted by atomic mass is 35.5. The van der Waals surface area contributed by atoms with Crippen LogP contribution in [-0.2, 0) is 4.79 Å². The van der Waals surface area contributed by atoms with E-state index in [1.165, 1.54) is 17.7 Å². The summed E-state index contributed by atoms with van der Waals surface area (Å²) in [5, 5.41) is 3.00. The minimum Gasteiger partial charge on any atom is -0.355 e. The van der Waals surface area contributed by atoms with E-state index >= 15 is 0 Å². The van der Waals surface area contributed by atoms with Crippen molar-refractivity contribution in [3.05, 3.63) is 30.3 Å². The molecule has 1 saturated carbocycles. The van der Waals surface area contributed by atoms with Crippen LogP contribution >= 0.6 is 24.2 Å². The fourth-order valence-electron chi connectivity index (χ4n) is 1.82. The van der Waals surface area contributed by atoms with Crippen LogP contribution in [0.25, 0.3) is 0 Å². The third-order valence-corrected chi connectivity index (χ3v) is 4.49. The Labute approximate surface area is 125 Å². The number of nitrogens with two attached hydrogens (primary N) is 1. The molecule has 1 amide bonds. The third-order valence-electron chi connectivity index (χ3n) is 3.00. The SMILES string of the molecule is CC(N)CC(=O)NCC1(Sc2ccccc2)CC1.Cl. The quantitative estimate of drug-likeness (QED) is 0.849. The van der Waals surface area contributed by atoms with Crippen LogP contribution in [0.3, 0.4) is 0 Å². The average molecular weight is 301 g/mol. The highest BCUT2D eigenvalue weighted by Gasteiger charge is 2.43. The van der Waals surface area contributed by atoms with Crippen molar-refractivity contribution in [1.82, 2.24) is 5.32 Å². The van der Waals surface area contributed by atoms with Gasteiger partial charge in [-0.15, -0.1) is 24.2 Å². The maximum atomic E-state index is 11.6. The Morgan fingerprint density at radius 2 is 2.05 bits per heavy atom. The van der Waals surface area contributed by atoms with Gasteiger partial charge in [0, 0.05) is 28.6 Å². The van der Waals surface area contributed by atoms with Gasteiger partial charge in [0.2, 0.25) is 5.91 Å². The van der Waals surface area contributed by atoms with Gasteiger partial charge in [0.1, 0.15) is 0 Å². The second-order valence-corrected chi connectivity index (χ2v) is 6.60. The number of thioether (sulfide) groups is 1. The smallest absolute Gasteiger partial charge is 0.221 e. The summed E-state index contributed by atoms with van der Waals surface area (Å²) in [7, 11) is 0. The van der Waals surface area contributed by atoms with Crippen molar-refractivity contribution in [3.8, 4) is 0 Å². The van der Waals surface area contributed by atoms with Crippen LogP contribution in [0.15, 0.2) is 35.2 Å². The second kappa shape index (κ2) is 7.17. The number of rotatable bonds is 6. The predicted octanol–water partition coefficient (Wildman–Crippen LogP) is 2.59. The summed E-state index contributed by atoms with van der Waals surface area (Å²) in [5.74, 6) is 0.0601. The van der Waals surface area contributed by atoms with Crippen LogP contribution in [-0.4, -0.2) is 23.2 Å². The number of halogens is 1. The third kappa shape index (κ3) is 5.43. The predicted molar refractivity (Wildman–Crippen MR) is 82.8 cm³/mol. The molecule has 0 bridgehead atoms. The number of carbonyl (C=O) groups excluding carboxylic acids is 1. The monoisotopic (exact) mass is 300 g/mol. The Balaban J connectivity index is 0.00000180. The lowest BCUT2D eigenvalue weighted by Crippen LogP contribution is -2.35. The maximum absolute atomic E-state index is 11.6. The van der Waals surface area contributed by atoms with Crippen LogP contribution in [0, 0.1) is 0 Å². The van der Waals surface area contributed by atoms with Crippen LogP contribution in [0.4, 0.5) is 0 Å². The van der Waals surface area contributed by atoms with E-state index < -0.39 is 0 Å². The number of nitrogens with one attached hydrogen (secondary N) is 1. The van der Waals surface area contributed by atoms with Crippen molar-refractivity contribution < 1.29 is 4.79 Å². The van der Waals surface area contributed by atoms with Crippen molar-refractivity contribution in [3.63, 3.8) is 0 Å². The summed E-state index contributed by atoms with van der Waals surface area (Å²) in [6.45, 7) is 2.60. The van der Waals surface area contributed by atoms with E-state index in [0.717, 1.165) is 6.54 Å². The first-order chi connectivity index (χ1) is 8.60. The van der Waals surface area contributed by atoms with Crippen molar-refractivity contribution in [2.45, 2.75) is 41.9 Å². The van der Waals surface area contributed by atoms with E-state index in [1.54, 1.807) is 0 Å². The molecule has 1 unspecified atom stereocenters. The molecule has 0 spiro atoms. The van der Waals surface area contributed by atoms with E-state index in [0.29, 0.717) is 6.42 Å². The Bertz CT molecular complexity index is 407. The zero-order valence-corrected chi connectivity index (χ0v) is 12.7. The zero-order valence-electron chi connectivity index (χ0n) is 11.1. The molecule has 3 nitrogen and oxygen atoms in total.